The Bertz CT molecular complexity index is 491. The van der Waals surface area contributed by atoms with Gasteiger partial charge in [0, 0.05) is 25.7 Å². The molecule has 0 spiro atoms. The lowest BCUT2D eigenvalue weighted by Gasteiger charge is -2.34. The summed E-state index contributed by atoms with van der Waals surface area (Å²) in [5.41, 5.74) is 0. The summed E-state index contributed by atoms with van der Waals surface area (Å²) in [6, 6.07) is -0.394. The third-order valence-electron chi connectivity index (χ3n) is 3.11. The van der Waals surface area contributed by atoms with E-state index in [-0.39, 0.29) is 25.4 Å². The predicted molar refractivity (Wildman–Crippen MR) is 70.4 cm³/mol. The van der Waals surface area contributed by atoms with Crippen molar-refractivity contribution in [1.29, 1.82) is 0 Å². The topological polar surface area (TPSA) is 84.7 Å². The summed E-state index contributed by atoms with van der Waals surface area (Å²) in [4.78, 5) is 24.6. The van der Waals surface area contributed by atoms with Crippen LogP contribution >= 0.6 is 11.6 Å². The van der Waals surface area contributed by atoms with Crippen LogP contribution in [0.5, 0.6) is 0 Å². The zero-order valence-corrected chi connectivity index (χ0v) is 11.6. The maximum absolute atomic E-state index is 12.2. The molecule has 110 valence electrons. The van der Waals surface area contributed by atoms with Crippen molar-refractivity contribution < 1.29 is 19.4 Å². The van der Waals surface area contributed by atoms with Gasteiger partial charge in [-0.15, -0.1) is 0 Å². The Balaban J connectivity index is 1.90. The normalized spacial score (nSPS) is 19.1. The molecule has 1 atom stereocenters. The van der Waals surface area contributed by atoms with Crippen molar-refractivity contribution in [2.45, 2.75) is 25.4 Å². The van der Waals surface area contributed by atoms with Gasteiger partial charge in [-0.3, -0.25) is 14.3 Å². The van der Waals surface area contributed by atoms with Crippen molar-refractivity contribution in [1.82, 2.24) is 14.7 Å². The molecule has 1 amide bonds. The summed E-state index contributed by atoms with van der Waals surface area (Å²) < 4.78 is 6.83. The number of rotatable bonds is 5. The average Bonchev–Trinajstić information content (AvgIpc) is 2.82. The van der Waals surface area contributed by atoms with E-state index in [9.17, 15) is 9.59 Å². The average molecular weight is 302 g/mol. The molecular formula is C12H16ClN3O4. The Labute approximate surface area is 121 Å². The third kappa shape index (κ3) is 3.94. The lowest BCUT2D eigenvalue weighted by Crippen LogP contribution is -2.49. The predicted octanol–water partition coefficient (Wildman–Crippen LogP) is 0.629. The summed E-state index contributed by atoms with van der Waals surface area (Å²) in [6.45, 7) is 1.56. The molecule has 20 heavy (non-hydrogen) atoms. The summed E-state index contributed by atoms with van der Waals surface area (Å²) in [5.74, 6) is -1.02. The van der Waals surface area contributed by atoms with E-state index in [1.165, 1.54) is 6.20 Å². The largest absolute Gasteiger partial charge is 0.481 e. The number of carboxylic acid groups (broad SMARTS) is 1. The smallest absolute Gasteiger partial charge is 0.305 e. The van der Waals surface area contributed by atoms with Crippen LogP contribution in [0.2, 0.25) is 5.02 Å². The van der Waals surface area contributed by atoms with Gasteiger partial charge < -0.3 is 14.7 Å². The fraction of sp³-hybridized carbons (Fsp3) is 0.583. The van der Waals surface area contributed by atoms with Gasteiger partial charge >= 0.3 is 5.97 Å². The lowest BCUT2D eigenvalue weighted by molar-refractivity contribution is -0.146. The molecule has 2 heterocycles. The SMILES string of the molecule is O=C(O)CC1COCCN1C(=O)CCn1cc(Cl)cn1. The van der Waals surface area contributed by atoms with Crippen molar-refractivity contribution in [3.05, 3.63) is 17.4 Å². The minimum Gasteiger partial charge on any atom is -0.481 e. The Morgan fingerprint density at radius 1 is 1.55 bits per heavy atom. The van der Waals surface area contributed by atoms with Crippen LogP contribution in [0.25, 0.3) is 0 Å². The first-order chi connectivity index (χ1) is 9.56. The molecule has 0 bridgehead atoms. The number of aryl methyl sites for hydroxylation is 1. The molecule has 2 rings (SSSR count). The molecule has 1 aromatic rings. The van der Waals surface area contributed by atoms with E-state index in [2.05, 4.69) is 5.10 Å². The number of aliphatic carboxylic acids is 1. The molecule has 8 heteroatoms. The Hall–Kier alpha value is -1.60. The number of amides is 1. The Morgan fingerprint density at radius 3 is 3.00 bits per heavy atom. The maximum Gasteiger partial charge on any atom is 0.305 e. The number of morpholine rings is 1. The van der Waals surface area contributed by atoms with Crippen LogP contribution < -0.4 is 0 Å². The molecule has 0 aromatic carbocycles. The van der Waals surface area contributed by atoms with Gasteiger partial charge in [0.1, 0.15) is 0 Å². The van der Waals surface area contributed by atoms with Crippen molar-refractivity contribution in [2.24, 2.45) is 0 Å². The van der Waals surface area contributed by atoms with Crippen LogP contribution in [0, 0.1) is 0 Å². The molecule has 1 aliphatic heterocycles. The quantitative estimate of drug-likeness (QED) is 0.862. The van der Waals surface area contributed by atoms with Gasteiger partial charge in [-0.1, -0.05) is 11.6 Å². The number of halogens is 1. The number of hydrogen-bond acceptors (Lipinski definition) is 4. The summed E-state index contributed by atoms with van der Waals surface area (Å²) in [6.07, 6.45) is 3.31. The van der Waals surface area contributed by atoms with Crippen LogP contribution in [-0.4, -0.2) is 57.5 Å². The molecule has 7 nitrogen and oxygen atoms in total. The number of aromatic nitrogens is 2. The first-order valence-corrected chi connectivity index (χ1v) is 6.71. The highest BCUT2D eigenvalue weighted by atomic mass is 35.5. The number of carboxylic acids is 1. The molecule has 1 fully saturated rings. The molecule has 1 aliphatic rings. The van der Waals surface area contributed by atoms with Gasteiger partial charge in [-0.2, -0.15) is 5.10 Å². The van der Waals surface area contributed by atoms with E-state index in [0.29, 0.717) is 24.7 Å². The van der Waals surface area contributed by atoms with E-state index in [4.69, 9.17) is 21.4 Å². The van der Waals surface area contributed by atoms with Crippen LogP contribution in [0.15, 0.2) is 12.4 Å². The fourth-order valence-corrected chi connectivity index (χ4v) is 2.32. The zero-order valence-electron chi connectivity index (χ0n) is 10.9. The minimum atomic E-state index is -0.933. The van der Waals surface area contributed by atoms with Crippen molar-refractivity contribution in [3.8, 4) is 0 Å². The standard InChI is InChI=1S/C12H16ClN3O4/c13-9-6-14-15(7-9)2-1-11(17)16-3-4-20-8-10(16)5-12(18)19/h6-7,10H,1-5,8H2,(H,18,19). The van der Waals surface area contributed by atoms with Crippen molar-refractivity contribution in [2.75, 3.05) is 19.8 Å². The van der Waals surface area contributed by atoms with Gasteiger partial charge in [-0.25, -0.2) is 0 Å². The number of hydrogen-bond donors (Lipinski definition) is 1. The molecule has 1 aromatic heterocycles. The van der Waals surface area contributed by atoms with Gasteiger partial charge in [0.15, 0.2) is 0 Å². The van der Waals surface area contributed by atoms with Crippen LogP contribution in [0.1, 0.15) is 12.8 Å². The van der Waals surface area contributed by atoms with Crippen LogP contribution in [0.4, 0.5) is 0 Å². The molecule has 1 saturated heterocycles. The highest BCUT2D eigenvalue weighted by Gasteiger charge is 2.28. The maximum atomic E-state index is 12.2. The van der Waals surface area contributed by atoms with Crippen LogP contribution in [0.3, 0.4) is 0 Å². The van der Waals surface area contributed by atoms with Gasteiger partial charge in [-0.05, 0) is 0 Å². The summed E-state index contributed by atoms with van der Waals surface area (Å²) in [7, 11) is 0. The first kappa shape index (κ1) is 14.8. The minimum absolute atomic E-state index is 0.0915. The highest BCUT2D eigenvalue weighted by molar-refractivity contribution is 6.30. The molecule has 0 radical (unpaired) electrons. The molecule has 0 saturated carbocycles. The molecule has 1 N–H and O–H groups in total. The molecular weight excluding hydrogens is 286 g/mol. The fourth-order valence-electron chi connectivity index (χ4n) is 2.17. The van der Waals surface area contributed by atoms with E-state index in [0.717, 1.165) is 0 Å². The van der Waals surface area contributed by atoms with Gasteiger partial charge in [0.25, 0.3) is 0 Å². The van der Waals surface area contributed by atoms with Gasteiger partial charge in [0.05, 0.1) is 36.9 Å². The van der Waals surface area contributed by atoms with E-state index in [1.807, 2.05) is 0 Å². The Morgan fingerprint density at radius 2 is 2.35 bits per heavy atom. The number of nitrogens with zero attached hydrogens (tertiary/aromatic N) is 3. The number of carbonyl (C=O) groups excluding carboxylic acids is 1. The van der Waals surface area contributed by atoms with E-state index < -0.39 is 12.0 Å². The number of ether oxygens (including phenoxy) is 1. The van der Waals surface area contributed by atoms with E-state index in [1.54, 1.807) is 15.8 Å². The second-order valence-corrected chi connectivity index (χ2v) is 5.02. The summed E-state index contributed by atoms with van der Waals surface area (Å²) >= 11 is 5.74. The first-order valence-electron chi connectivity index (χ1n) is 6.33. The Kier molecular flexibility index (Phi) is 4.97. The lowest BCUT2D eigenvalue weighted by atomic mass is 10.1. The van der Waals surface area contributed by atoms with Crippen molar-refractivity contribution in [3.63, 3.8) is 0 Å². The van der Waals surface area contributed by atoms with Crippen LogP contribution in [-0.2, 0) is 20.9 Å². The third-order valence-corrected chi connectivity index (χ3v) is 3.31. The van der Waals surface area contributed by atoms with Crippen molar-refractivity contribution >= 4 is 23.5 Å². The number of carbonyl (C=O) groups is 2. The molecule has 1 unspecified atom stereocenters. The monoisotopic (exact) mass is 301 g/mol. The second kappa shape index (κ2) is 6.71. The second-order valence-electron chi connectivity index (χ2n) is 4.59. The zero-order chi connectivity index (χ0) is 14.5. The van der Waals surface area contributed by atoms with Gasteiger partial charge in [0.2, 0.25) is 5.91 Å². The summed E-state index contributed by atoms with van der Waals surface area (Å²) in [5, 5.41) is 13.4. The van der Waals surface area contributed by atoms with E-state index >= 15 is 0 Å². The molecule has 0 aliphatic carbocycles. The highest BCUT2D eigenvalue weighted by Crippen LogP contribution is 2.13.